The average molecular weight is 194 g/mol. The van der Waals surface area contributed by atoms with Crippen LogP contribution < -0.4 is 0 Å². The van der Waals surface area contributed by atoms with Crippen LogP contribution in [0.25, 0.3) is 0 Å². The maximum Gasteiger partial charge on any atom is 0.0628 e. The number of nitrogens with zero attached hydrogens (tertiary/aromatic N) is 2. The van der Waals surface area contributed by atoms with E-state index in [2.05, 4.69) is 11.0 Å². The zero-order valence-corrected chi connectivity index (χ0v) is 8.58. The molecule has 2 fully saturated rings. The van der Waals surface area contributed by atoms with E-state index in [1.54, 1.807) is 0 Å². The molecule has 78 valence electrons. The molecule has 0 radical (unpaired) electrons. The summed E-state index contributed by atoms with van der Waals surface area (Å²) >= 11 is 0. The quantitative estimate of drug-likeness (QED) is 0.730. The van der Waals surface area contributed by atoms with Crippen molar-refractivity contribution in [1.29, 1.82) is 5.26 Å². The lowest BCUT2D eigenvalue weighted by molar-refractivity contribution is 0.137. The molecule has 1 heterocycles. The first-order valence-corrected chi connectivity index (χ1v) is 5.51. The predicted molar refractivity (Wildman–Crippen MR) is 53.6 cm³/mol. The molecule has 14 heavy (non-hydrogen) atoms. The number of aliphatic hydroxyl groups is 1. The molecule has 0 unspecified atom stereocenters. The lowest BCUT2D eigenvalue weighted by atomic mass is 10.0. The van der Waals surface area contributed by atoms with Gasteiger partial charge in [0, 0.05) is 19.0 Å². The highest BCUT2D eigenvalue weighted by molar-refractivity contribution is 5.02. The minimum absolute atomic E-state index is 0.280. The number of nitriles is 1. The predicted octanol–water partition coefficient (Wildman–Crippen LogP) is 1.14. The maximum atomic E-state index is 9.18. The van der Waals surface area contributed by atoms with Gasteiger partial charge in [0.25, 0.3) is 0 Å². The van der Waals surface area contributed by atoms with E-state index in [-0.39, 0.29) is 6.61 Å². The molecule has 0 aromatic carbocycles. The summed E-state index contributed by atoms with van der Waals surface area (Å²) in [5.74, 6) is 0. The van der Waals surface area contributed by atoms with Crippen molar-refractivity contribution in [2.24, 2.45) is 5.41 Å². The molecule has 0 aromatic heterocycles. The summed E-state index contributed by atoms with van der Waals surface area (Å²) in [6.07, 6.45) is 5.43. The minimum Gasteiger partial charge on any atom is -0.395 e. The maximum absolute atomic E-state index is 9.18. The van der Waals surface area contributed by atoms with Crippen molar-refractivity contribution in [1.82, 2.24) is 4.90 Å². The van der Waals surface area contributed by atoms with Crippen molar-refractivity contribution in [3.63, 3.8) is 0 Å². The molecule has 3 heteroatoms. The van der Waals surface area contributed by atoms with Crippen LogP contribution in [0.2, 0.25) is 0 Å². The van der Waals surface area contributed by atoms with Crippen molar-refractivity contribution >= 4 is 0 Å². The van der Waals surface area contributed by atoms with Crippen molar-refractivity contribution < 1.29 is 5.11 Å². The van der Waals surface area contributed by atoms with Gasteiger partial charge in [0.15, 0.2) is 0 Å². The third-order valence-electron chi connectivity index (χ3n) is 3.66. The Morgan fingerprint density at radius 3 is 2.86 bits per heavy atom. The number of hydrogen-bond donors (Lipinski definition) is 1. The summed E-state index contributed by atoms with van der Waals surface area (Å²) in [6.45, 7) is 2.42. The van der Waals surface area contributed by atoms with Crippen LogP contribution in [-0.4, -0.2) is 35.7 Å². The van der Waals surface area contributed by atoms with Gasteiger partial charge < -0.3 is 5.11 Å². The molecular formula is C11H18N2O. The molecule has 1 saturated heterocycles. The normalized spacial score (nSPS) is 30.1. The number of likely N-dealkylation sites (tertiary alicyclic amines) is 1. The lowest BCUT2D eigenvalue weighted by Gasteiger charge is -2.26. The SMILES string of the molecule is N#CCC1(CN2CCC[C@@H]2CO)CC1. The third kappa shape index (κ3) is 1.92. The molecule has 0 spiro atoms. The molecule has 1 saturated carbocycles. The highest BCUT2D eigenvalue weighted by Crippen LogP contribution is 2.49. The van der Waals surface area contributed by atoms with E-state index in [1.807, 2.05) is 0 Å². The first-order chi connectivity index (χ1) is 6.79. The number of rotatable bonds is 4. The van der Waals surface area contributed by atoms with Gasteiger partial charge in [-0.1, -0.05) is 0 Å². The van der Waals surface area contributed by atoms with Gasteiger partial charge in [-0.2, -0.15) is 5.26 Å². The van der Waals surface area contributed by atoms with Gasteiger partial charge in [-0.15, -0.1) is 0 Å². The largest absolute Gasteiger partial charge is 0.395 e. The van der Waals surface area contributed by atoms with Gasteiger partial charge >= 0.3 is 0 Å². The Morgan fingerprint density at radius 1 is 1.50 bits per heavy atom. The molecule has 2 aliphatic rings. The van der Waals surface area contributed by atoms with E-state index < -0.39 is 0 Å². The molecule has 1 atom stereocenters. The highest BCUT2D eigenvalue weighted by atomic mass is 16.3. The van der Waals surface area contributed by atoms with Crippen LogP contribution in [0.4, 0.5) is 0 Å². The van der Waals surface area contributed by atoms with E-state index in [0.717, 1.165) is 19.5 Å². The standard InChI is InChI=1S/C11H18N2O/c12-6-5-11(3-4-11)9-13-7-1-2-10(13)8-14/h10,14H,1-5,7-9H2/t10-/m1/s1. The smallest absolute Gasteiger partial charge is 0.0628 e. The van der Waals surface area contributed by atoms with E-state index >= 15 is 0 Å². The van der Waals surface area contributed by atoms with Gasteiger partial charge in [0.1, 0.15) is 0 Å². The van der Waals surface area contributed by atoms with Gasteiger partial charge in [-0.25, -0.2) is 0 Å². The molecule has 2 rings (SSSR count). The van der Waals surface area contributed by atoms with Gasteiger partial charge in [0.05, 0.1) is 12.7 Å². The second-order valence-electron chi connectivity index (χ2n) is 4.78. The lowest BCUT2D eigenvalue weighted by Crippen LogP contribution is -2.36. The third-order valence-corrected chi connectivity index (χ3v) is 3.66. The Labute approximate surface area is 85.3 Å². The fraction of sp³-hybridized carbons (Fsp3) is 0.909. The molecule has 0 bridgehead atoms. The van der Waals surface area contributed by atoms with Crippen LogP contribution in [0.3, 0.4) is 0 Å². The summed E-state index contributed by atoms with van der Waals surface area (Å²) in [7, 11) is 0. The molecule has 0 amide bonds. The fourth-order valence-corrected chi connectivity index (χ4v) is 2.48. The van der Waals surface area contributed by atoms with Crippen LogP contribution in [0, 0.1) is 16.7 Å². The van der Waals surface area contributed by atoms with Crippen LogP contribution in [-0.2, 0) is 0 Å². The topological polar surface area (TPSA) is 47.3 Å². The molecule has 3 nitrogen and oxygen atoms in total. The molecule has 1 N–H and O–H groups in total. The number of aliphatic hydroxyl groups excluding tert-OH is 1. The summed E-state index contributed by atoms with van der Waals surface area (Å²) in [6, 6.07) is 2.65. The summed E-state index contributed by atoms with van der Waals surface area (Å²) in [5, 5.41) is 17.9. The molecule has 0 aromatic rings. The Balaban J connectivity index is 1.88. The van der Waals surface area contributed by atoms with Crippen LogP contribution in [0.5, 0.6) is 0 Å². The minimum atomic E-state index is 0.280. The van der Waals surface area contributed by atoms with Gasteiger partial charge in [-0.05, 0) is 37.6 Å². The van der Waals surface area contributed by atoms with Gasteiger partial charge in [-0.3, -0.25) is 4.90 Å². The molecular weight excluding hydrogens is 176 g/mol. The Morgan fingerprint density at radius 2 is 2.29 bits per heavy atom. The Bertz CT molecular complexity index is 242. The van der Waals surface area contributed by atoms with Crippen LogP contribution in [0.15, 0.2) is 0 Å². The van der Waals surface area contributed by atoms with Crippen molar-refractivity contribution in [3.05, 3.63) is 0 Å². The van der Waals surface area contributed by atoms with Crippen molar-refractivity contribution in [2.45, 2.75) is 38.1 Å². The second kappa shape index (κ2) is 3.88. The van der Waals surface area contributed by atoms with E-state index in [9.17, 15) is 5.11 Å². The van der Waals surface area contributed by atoms with Crippen molar-refractivity contribution in [2.75, 3.05) is 19.7 Å². The fourth-order valence-electron chi connectivity index (χ4n) is 2.48. The highest BCUT2D eigenvalue weighted by Gasteiger charge is 2.45. The second-order valence-corrected chi connectivity index (χ2v) is 4.78. The Kier molecular flexibility index (Phi) is 2.76. The molecule has 1 aliphatic heterocycles. The summed E-state index contributed by atoms with van der Waals surface area (Å²) < 4.78 is 0. The van der Waals surface area contributed by atoms with E-state index in [4.69, 9.17) is 5.26 Å². The summed E-state index contributed by atoms with van der Waals surface area (Å²) in [5.41, 5.74) is 0.298. The van der Waals surface area contributed by atoms with Crippen LogP contribution in [0.1, 0.15) is 32.1 Å². The monoisotopic (exact) mass is 194 g/mol. The van der Waals surface area contributed by atoms with E-state index in [0.29, 0.717) is 17.9 Å². The summed E-state index contributed by atoms with van der Waals surface area (Å²) in [4.78, 5) is 2.38. The van der Waals surface area contributed by atoms with E-state index in [1.165, 1.54) is 19.3 Å². The molecule has 1 aliphatic carbocycles. The van der Waals surface area contributed by atoms with Crippen molar-refractivity contribution in [3.8, 4) is 6.07 Å². The van der Waals surface area contributed by atoms with Gasteiger partial charge in [0.2, 0.25) is 0 Å². The van der Waals surface area contributed by atoms with Crippen LogP contribution >= 0.6 is 0 Å². The Hall–Kier alpha value is -0.590. The first kappa shape index (κ1) is 9.95. The number of hydrogen-bond acceptors (Lipinski definition) is 3. The zero-order chi connectivity index (χ0) is 10.0. The first-order valence-electron chi connectivity index (χ1n) is 5.51. The average Bonchev–Trinajstić information content (AvgIpc) is 2.79. The zero-order valence-electron chi connectivity index (χ0n) is 8.58.